The van der Waals surface area contributed by atoms with Crippen LogP contribution in [-0.2, 0) is 10.0 Å². The number of nitrogens with zero attached hydrogens (tertiary/aromatic N) is 1. The van der Waals surface area contributed by atoms with Crippen molar-refractivity contribution in [2.75, 3.05) is 12.3 Å². The molecule has 0 aliphatic rings. The SMILES string of the molecule is CCCCCCS(=O)(=O)NCCCCCCC#N. The summed E-state index contributed by atoms with van der Waals surface area (Å²) in [4.78, 5) is 0. The van der Waals surface area contributed by atoms with Crippen LogP contribution in [0.15, 0.2) is 0 Å². The molecule has 0 amide bonds. The second-order valence-corrected chi connectivity index (χ2v) is 6.52. The van der Waals surface area contributed by atoms with Crippen molar-refractivity contribution in [1.82, 2.24) is 4.72 Å². The fraction of sp³-hybridized carbons (Fsp3) is 0.923. The molecular weight excluding hydrogens is 248 g/mol. The molecule has 0 saturated heterocycles. The van der Waals surface area contributed by atoms with Gasteiger partial charge >= 0.3 is 0 Å². The van der Waals surface area contributed by atoms with Crippen molar-refractivity contribution in [2.45, 2.75) is 64.7 Å². The Kier molecular flexibility index (Phi) is 11.1. The van der Waals surface area contributed by atoms with Crippen LogP contribution in [-0.4, -0.2) is 20.7 Å². The van der Waals surface area contributed by atoms with Crippen LogP contribution in [0.5, 0.6) is 0 Å². The van der Waals surface area contributed by atoms with E-state index in [9.17, 15) is 8.42 Å². The van der Waals surface area contributed by atoms with Gasteiger partial charge in [0.25, 0.3) is 0 Å². The Bertz CT molecular complexity index is 320. The molecule has 0 radical (unpaired) electrons. The molecule has 4 nitrogen and oxygen atoms in total. The minimum atomic E-state index is -3.06. The van der Waals surface area contributed by atoms with Crippen LogP contribution in [0.4, 0.5) is 0 Å². The molecule has 0 aromatic heterocycles. The van der Waals surface area contributed by atoms with Gasteiger partial charge in [0.1, 0.15) is 0 Å². The lowest BCUT2D eigenvalue weighted by atomic mass is 10.1. The van der Waals surface area contributed by atoms with Crippen molar-refractivity contribution in [1.29, 1.82) is 5.26 Å². The third kappa shape index (κ3) is 11.9. The van der Waals surface area contributed by atoms with Gasteiger partial charge in [0, 0.05) is 13.0 Å². The summed E-state index contributed by atoms with van der Waals surface area (Å²) in [5.41, 5.74) is 0. The number of nitrogens with one attached hydrogen (secondary N) is 1. The van der Waals surface area contributed by atoms with E-state index in [0.29, 0.717) is 13.0 Å². The van der Waals surface area contributed by atoms with Gasteiger partial charge in [0.05, 0.1) is 11.8 Å². The van der Waals surface area contributed by atoms with Gasteiger partial charge in [-0.25, -0.2) is 13.1 Å². The smallest absolute Gasteiger partial charge is 0.211 e. The molecule has 0 saturated carbocycles. The van der Waals surface area contributed by atoms with Gasteiger partial charge in [-0.05, 0) is 19.3 Å². The van der Waals surface area contributed by atoms with Crippen molar-refractivity contribution in [3.05, 3.63) is 0 Å². The highest BCUT2D eigenvalue weighted by molar-refractivity contribution is 7.89. The Hall–Kier alpha value is -0.600. The molecule has 0 bridgehead atoms. The summed E-state index contributed by atoms with van der Waals surface area (Å²) in [7, 11) is -3.06. The highest BCUT2D eigenvalue weighted by Crippen LogP contribution is 2.03. The molecule has 0 aromatic carbocycles. The van der Waals surface area contributed by atoms with E-state index < -0.39 is 10.0 Å². The first-order valence-corrected chi connectivity index (χ1v) is 8.62. The van der Waals surface area contributed by atoms with Gasteiger partial charge < -0.3 is 0 Å². The van der Waals surface area contributed by atoms with E-state index in [1.54, 1.807) is 0 Å². The predicted molar refractivity (Wildman–Crippen MR) is 74.6 cm³/mol. The minimum Gasteiger partial charge on any atom is -0.215 e. The van der Waals surface area contributed by atoms with Crippen molar-refractivity contribution >= 4 is 10.0 Å². The molecule has 0 atom stereocenters. The van der Waals surface area contributed by atoms with E-state index in [4.69, 9.17) is 5.26 Å². The molecule has 0 aromatic rings. The molecule has 0 spiro atoms. The second-order valence-electron chi connectivity index (χ2n) is 4.60. The van der Waals surface area contributed by atoms with Gasteiger partial charge in [-0.1, -0.05) is 39.0 Å². The lowest BCUT2D eigenvalue weighted by molar-refractivity contribution is 0.567. The molecule has 0 fully saturated rings. The van der Waals surface area contributed by atoms with Crippen LogP contribution in [0.2, 0.25) is 0 Å². The fourth-order valence-electron chi connectivity index (χ4n) is 1.70. The van der Waals surface area contributed by atoms with E-state index in [1.165, 1.54) is 0 Å². The number of unbranched alkanes of at least 4 members (excludes halogenated alkanes) is 7. The monoisotopic (exact) mass is 274 g/mol. The van der Waals surface area contributed by atoms with E-state index in [-0.39, 0.29) is 5.75 Å². The Balaban J connectivity index is 3.44. The number of sulfonamides is 1. The van der Waals surface area contributed by atoms with Crippen LogP contribution in [0, 0.1) is 11.3 Å². The van der Waals surface area contributed by atoms with E-state index >= 15 is 0 Å². The highest BCUT2D eigenvalue weighted by atomic mass is 32.2. The van der Waals surface area contributed by atoms with Gasteiger partial charge in [0.15, 0.2) is 0 Å². The zero-order chi connectivity index (χ0) is 13.7. The minimum absolute atomic E-state index is 0.251. The van der Waals surface area contributed by atoms with Crippen LogP contribution < -0.4 is 4.72 Å². The first kappa shape index (κ1) is 17.4. The molecule has 0 heterocycles. The topological polar surface area (TPSA) is 70.0 Å². The highest BCUT2D eigenvalue weighted by Gasteiger charge is 2.08. The molecule has 0 aliphatic heterocycles. The van der Waals surface area contributed by atoms with Crippen molar-refractivity contribution in [2.24, 2.45) is 0 Å². The number of hydrogen-bond donors (Lipinski definition) is 1. The Labute approximate surface area is 112 Å². The summed E-state index contributed by atoms with van der Waals surface area (Å²) in [6.07, 6.45) is 8.34. The van der Waals surface area contributed by atoms with E-state index in [1.807, 2.05) is 0 Å². The van der Waals surface area contributed by atoms with Crippen molar-refractivity contribution in [3.8, 4) is 6.07 Å². The fourth-order valence-corrected chi connectivity index (χ4v) is 2.89. The quantitative estimate of drug-likeness (QED) is 0.556. The predicted octanol–water partition coefficient (Wildman–Crippen LogP) is 2.96. The molecule has 0 aliphatic carbocycles. The van der Waals surface area contributed by atoms with Crippen LogP contribution in [0.25, 0.3) is 0 Å². The zero-order valence-electron chi connectivity index (χ0n) is 11.5. The number of rotatable bonds is 12. The standard InChI is InChI=1S/C13H26N2O2S/c1-2-3-4-10-13-18(16,17)15-12-9-7-5-6-8-11-14/h15H,2-10,12-13H2,1H3. The summed E-state index contributed by atoms with van der Waals surface area (Å²) >= 11 is 0. The maximum Gasteiger partial charge on any atom is 0.211 e. The summed E-state index contributed by atoms with van der Waals surface area (Å²) in [5.74, 6) is 0.251. The Morgan fingerprint density at radius 2 is 1.67 bits per heavy atom. The second kappa shape index (κ2) is 11.5. The lowest BCUT2D eigenvalue weighted by Gasteiger charge is -2.06. The average molecular weight is 274 g/mol. The van der Waals surface area contributed by atoms with Gasteiger partial charge in [-0.3, -0.25) is 0 Å². The van der Waals surface area contributed by atoms with Crippen LogP contribution in [0.1, 0.15) is 64.7 Å². The Morgan fingerprint density at radius 3 is 2.33 bits per heavy atom. The summed E-state index contributed by atoms with van der Waals surface area (Å²) in [6, 6.07) is 2.10. The maximum absolute atomic E-state index is 11.6. The molecule has 0 rings (SSSR count). The first-order valence-electron chi connectivity index (χ1n) is 6.96. The third-order valence-corrected chi connectivity index (χ3v) is 4.27. The third-order valence-electron chi connectivity index (χ3n) is 2.80. The van der Waals surface area contributed by atoms with Crippen LogP contribution in [0.3, 0.4) is 0 Å². The number of nitriles is 1. The van der Waals surface area contributed by atoms with E-state index in [0.717, 1.165) is 51.4 Å². The summed E-state index contributed by atoms with van der Waals surface area (Å²) in [5, 5.41) is 8.35. The summed E-state index contributed by atoms with van der Waals surface area (Å²) in [6.45, 7) is 2.64. The van der Waals surface area contributed by atoms with Gasteiger partial charge in [-0.15, -0.1) is 0 Å². The number of hydrogen-bond acceptors (Lipinski definition) is 3. The lowest BCUT2D eigenvalue weighted by Crippen LogP contribution is -2.27. The van der Waals surface area contributed by atoms with Gasteiger partial charge in [0.2, 0.25) is 10.0 Å². The Morgan fingerprint density at radius 1 is 1.00 bits per heavy atom. The largest absolute Gasteiger partial charge is 0.215 e. The normalized spacial score (nSPS) is 11.3. The molecule has 1 N–H and O–H groups in total. The summed E-state index contributed by atoms with van der Waals surface area (Å²) < 4.78 is 25.8. The van der Waals surface area contributed by atoms with Gasteiger partial charge in [-0.2, -0.15) is 5.26 Å². The maximum atomic E-state index is 11.6. The molecule has 5 heteroatoms. The molecule has 0 unspecified atom stereocenters. The zero-order valence-corrected chi connectivity index (χ0v) is 12.3. The average Bonchev–Trinajstić information content (AvgIpc) is 2.34. The molecule has 106 valence electrons. The van der Waals surface area contributed by atoms with E-state index in [2.05, 4.69) is 17.7 Å². The van der Waals surface area contributed by atoms with Crippen LogP contribution >= 0.6 is 0 Å². The first-order chi connectivity index (χ1) is 8.62. The molecular formula is C13H26N2O2S. The van der Waals surface area contributed by atoms with Crippen molar-refractivity contribution < 1.29 is 8.42 Å². The molecule has 18 heavy (non-hydrogen) atoms. The van der Waals surface area contributed by atoms with Crippen molar-refractivity contribution in [3.63, 3.8) is 0 Å².